The molecule has 0 bridgehead atoms. The third kappa shape index (κ3) is 8.90. The third-order valence-corrected chi connectivity index (χ3v) is 13.7. The quantitative estimate of drug-likeness (QED) is 0.114. The van der Waals surface area contributed by atoms with Crippen molar-refractivity contribution < 1.29 is 32.4 Å². The van der Waals surface area contributed by atoms with Crippen LogP contribution >= 0.6 is 0 Å². The van der Waals surface area contributed by atoms with Gasteiger partial charge in [0, 0.05) is 33.1 Å². The Hall–Kier alpha value is -4.48. The van der Waals surface area contributed by atoms with Crippen molar-refractivity contribution in [2.45, 2.75) is 96.1 Å². The van der Waals surface area contributed by atoms with Crippen molar-refractivity contribution in [2.75, 3.05) is 26.7 Å². The summed E-state index contributed by atoms with van der Waals surface area (Å²) in [5.41, 5.74) is 2.36. The molecule has 0 radical (unpaired) electrons. The summed E-state index contributed by atoms with van der Waals surface area (Å²) in [6.45, 7) is 18.3. The molecule has 4 rings (SSSR count). The summed E-state index contributed by atoms with van der Waals surface area (Å²) in [6.07, 6.45) is 8.07. The zero-order valence-corrected chi connectivity index (χ0v) is 33.3. The number of fused-ring (bicyclic) bond motifs is 2. The van der Waals surface area contributed by atoms with E-state index in [2.05, 4.69) is 40.3 Å². The van der Waals surface area contributed by atoms with Crippen molar-refractivity contribution in [1.29, 1.82) is 0 Å². The van der Waals surface area contributed by atoms with Gasteiger partial charge in [-0.05, 0) is 81.3 Å². The molecule has 1 heterocycles. The Labute approximate surface area is 320 Å². The number of benzene rings is 1. The molecule has 3 aliphatic rings. The summed E-state index contributed by atoms with van der Waals surface area (Å²) < 4.78 is 26.4. The molecule has 1 aromatic rings. The fourth-order valence-corrected chi connectivity index (χ4v) is 9.13. The largest absolute Gasteiger partial charge is 0.346 e. The lowest BCUT2D eigenvalue weighted by Gasteiger charge is -2.36. The zero-order valence-electron chi connectivity index (χ0n) is 32.5. The van der Waals surface area contributed by atoms with Crippen LogP contribution in [0.2, 0.25) is 0 Å². The molecule has 14 heteroatoms. The molecule has 294 valence electrons. The summed E-state index contributed by atoms with van der Waals surface area (Å²) in [5, 5.41) is 10.9. The van der Waals surface area contributed by atoms with Gasteiger partial charge in [0.05, 0.1) is 16.8 Å². The first-order chi connectivity index (χ1) is 25.2. The maximum absolute atomic E-state index is 14.8. The molecular weight excluding hydrogens is 709 g/mol. The van der Waals surface area contributed by atoms with E-state index in [1.807, 2.05) is 38.1 Å². The molecule has 1 saturated carbocycles. The summed E-state index contributed by atoms with van der Waals surface area (Å²) in [7, 11) is -2.27. The molecular formula is C40H56N6O7S. The number of terminal acetylenes is 1. The molecule has 0 spiro atoms. The fourth-order valence-electron chi connectivity index (χ4n) is 7.85. The van der Waals surface area contributed by atoms with Gasteiger partial charge in [0.1, 0.15) is 12.1 Å². The third-order valence-electron chi connectivity index (χ3n) is 11.2. The highest BCUT2D eigenvalue weighted by Gasteiger charge is 2.69. The first-order valence-electron chi connectivity index (χ1n) is 18.4. The van der Waals surface area contributed by atoms with Crippen LogP contribution in [0.3, 0.4) is 0 Å². The minimum atomic E-state index is -3.72. The van der Waals surface area contributed by atoms with Gasteiger partial charge in [-0.15, -0.1) is 18.9 Å². The van der Waals surface area contributed by atoms with Crippen molar-refractivity contribution in [3.8, 4) is 12.3 Å². The second-order valence-electron chi connectivity index (χ2n) is 16.4. The predicted molar refractivity (Wildman–Crippen MR) is 207 cm³/mol. The van der Waals surface area contributed by atoms with Crippen LogP contribution < -0.4 is 21.3 Å². The molecule has 54 heavy (non-hydrogen) atoms. The van der Waals surface area contributed by atoms with Crippen LogP contribution in [0.5, 0.6) is 0 Å². The number of hydrogen-bond donors (Lipinski definition) is 4. The van der Waals surface area contributed by atoms with Crippen LogP contribution in [0.15, 0.2) is 49.1 Å². The number of piperidine rings is 1. The smallest absolute Gasteiger partial charge is 0.315 e. The summed E-state index contributed by atoms with van der Waals surface area (Å²) in [4.78, 5) is 70.1. The molecule has 6 atom stereocenters. The van der Waals surface area contributed by atoms with Crippen molar-refractivity contribution >= 4 is 39.6 Å². The van der Waals surface area contributed by atoms with Crippen molar-refractivity contribution in [1.82, 2.24) is 30.5 Å². The van der Waals surface area contributed by atoms with E-state index in [4.69, 9.17) is 6.42 Å². The Bertz CT molecular complexity index is 1800. The number of hydrogen-bond acceptors (Lipinski definition) is 7. The lowest BCUT2D eigenvalue weighted by atomic mass is 9.93. The van der Waals surface area contributed by atoms with E-state index in [1.165, 1.54) is 22.3 Å². The number of amides is 5. The summed E-state index contributed by atoms with van der Waals surface area (Å²) in [5.74, 6) is -0.868. The van der Waals surface area contributed by atoms with Crippen LogP contribution in [-0.2, 0) is 42.0 Å². The number of urea groups is 1. The average Bonchev–Trinajstić information content (AvgIpc) is 3.46. The first kappa shape index (κ1) is 42.3. The molecule has 1 aliphatic heterocycles. The topological polar surface area (TPSA) is 174 Å². The number of carbonyl (C=O) groups excluding carboxylic acids is 5. The van der Waals surface area contributed by atoms with Gasteiger partial charge < -0.3 is 26.2 Å². The number of sulfonamides is 1. The Morgan fingerprint density at radius 3 is 2.22 bits per heavy atom. The molecule has 0 aromatic heterocycles. The second-order valence-corrected chi connectivity index (χ2v) is 19.2. The Balaban J connectivity index is 1.61. The van der Waals surface area contributed by atoms with Crippen LogP contribution in [0.4, 0.5) is 4.79 Å². The maximum Gasteiger partial charge on any atom is 0.315 e. The minimum Gasteiger partial charge on any atom is -0.346 e. The molecule has 1 aromatic carbocycles. The van der Waals surface area contributed by atoms with Crippen molar-refractivity contribution in [2.24, 2.45) is 23.2 Å². The van der Waals surface area contributed by atoms with Gasteiger partial charge in [-0.1, -0.05) is 56.3 Å². The highest BCUT2D eigenvalue weighted by Crippen LogP contribution is 2.65. The number of carbonyl (C=O) groups is 5. The van der Waals surface area contributed by atoms with E-state index >= 15 is 0 Å². The molecule has 13 nitrogen and oxygen atoms in total. The van der Waals surface area contributed by atoms with E-state index in [1.54, 1.807) is 27.7 Å². The Morgan fingerprint density at radius 1 is 1.07 bits per heavy atom. The minimum absolute atomic E-state index is 0.00343. The monoisotopic (exact) mass is 764 g/mol. The van der Waals surface area contributed by atoms with E-state index in [-0.39, 0.29) is 55.6 Å². The Kier molecular flexibility index (Phi) is 12.9. The zero-order chi connectivity index (χ0) is 40.3. The van der Waals surface area contributed by atoms with Gasteiger partial charge in [-0.25, -0.2) is 17.5 Å². The van der Waals surface area contributed by atoms with Crippen molar-refractivity contribution in [3.05, 3.63) is 60.2 Å². The SMILES string of the molecule is C#CCCC(NC(=O)[C@@H]1[C@@H]2[C@H](CN1C(=O)[C@@H](NC(=O)N[C@H](CN(C)S(=O)(=O)C(C)(C)C)C(=C)C)C1Cc3ccccc3C1)C2(C)C)C(=O)C(=O)NCC=C. The lowest BCUT2D eigenvalue weighted by Crippen LogP contribution is -2.61. The molecule has 4 N–H and O–H groups in total. The number of Topliss-reactive ketones (excluding diaryl/α,β-unsaturated/α-hetero) is 1. The van der Waals surface area contributed by atoms with Gasteiger partial charge in [0.2, 0.25) is 27.6 Å². The predicted octanol–water partition coefficient (Wildman–Crippen LogP) is 2.33. The van der Waals surface area contributed by atoms with Crippen LogP contribution in [0.1, 0.15) is 65.5 Å². The highest BCUT2D eigenvalue weighted by atomic mass is 32.2. The van der Waals surface area contributed by atoms with Crippen molar-refractivity contribution in [3.63, 3.8) is 0 Å². The molecule has 1 unspecified atom stereocenters. The van der Waals surface area contributed by atoms with Gasteiger partial charge in [-0.2, -0.15) is 0 Å². The molecule has 5 amide bonds. The summed E-state index contributed by atoms with van der Waals surface area (Å²) >= 11 is 0. The number of likely N-dealkylation sites (tertiary alicyclic amines) is 1. The van der Waals surface area contributed by atoms with Gasteiger partial charge >= 0.3 is 6.03 Å². The second kappa shape index (κ2) is 16.5. The molecule has 2 fully saturated rings. The Morgan fingerprint density at radius 2 is 1.69 bits per heavy atom. The first-order valence-corrected chi connectivity index (χ1v) is 19.8. The number of nitrogens with zero attached hydrogens (tertiary/aromatic N) is 2. The normalized spacial score (nSPS) is 21.8. The number of likely N-dealkylation sites (N-methyl/N-ethyl adjacent to an activating group) is 1. The van der Waals surface area contributed by atoms with Crippen LogP contribution in [0, 0.1) is 35.5 Å². The number of nitrogens with one attached hydrogen (secondary N) is 4. The molecule has 2 aliphatic carbocycles. The van der Waals surface area contributed by atoms with Gasteiger partial charge in [0.15, 0.2) is 0 Å². The molecule has 1 saturated heterocycles. The number of rotatable bonds is 16. The van der Waals surface area contributed by atoms with E-state index < -0.39 is 68.5 Å². The average molecular weight is 765 g/mol. The lowest BCUT2D eigenvalue weighted by molar-refractivity contribution is -0.144. The van der Waals surface area contributed by atoms with E-state index in [0.717, 1.165) is 11.1 Å². The van der Waals surface area contributed by atoms with Crippen LogP contribution in [-0.4, -0.2) is 103 Å². The van der Waals surface area contributed by atoms with Gasteiger partial charge in [0.25, 0.3) is 5.91 Å². The van der Waals surface area contributed by atoms with Gasteiger partial charge in [-0.3, -0.25) is 19.2 Å². The summed E-state index contributed by atoms with van der Waals surface area (Å²) in [6, 6.07) is 3.12. The van der Waals surface area contributed by atoms with E-state index in [0.29, 0.717) is 18.4 Å². The number of ketones is 1. The maximum atomic E-state index is 14.8. The van der Waals surface area contributed by atoms with Crippen LogP contribution in [0.25, 0.3) is 0 Å². The standard InChI is InChI=1S/C40H56N6O7S/c1-11-13-18-29(34(47)36(49)41-19-12-2)42-35(48)33-31-28(40(31,8)9)22-46(33)37(50)32(27-20-25-16-14-15-17-26(25)21-27)44-38(51)43-30(24(3)4)23-45(10)54(52,53)39(5,6)7/h1,12,14-17,27-33H,2-3,13,18-23H2,4-10H3,(H,41,49)(H,42,48)(H2,43,44,51)/t28-,29?,30+,31-,32-,33-/m0/s1. The fraction of sp³-hybridized carbons (Fsp3) is 0.575. The van der Waals surface area contributed by atoms with E-state index in [9.17, 15) is 32.4 Å². The highest BCUT2D eigenvalue weighted by molar-refractivity contribution is 7.90.